The van der Waals surface area contributed by atoms with Gasteiger partial charge >= 0.3 is 17.9 Å². The molecule has 122 valence electrons. The fourth-order valence-corrected chi connectivity index (χ4v) is 1.20. The van der Waals surface area contributed by atoms with Crippen LogP contribution in [0, 0.1) is 0 Å². The molecule has 2 atom stereocenters. The average Bonchev–Trinajstić information content (AvgIpc) is 2.54. The lowest BCUT2D eigenvalue weighted by atomic mass is 10.3. The zero-order valence-electron chi connectivity index (χ0n) is 12.5. The number of hydrogen-bond acceptors (Lipinski definition) is 7. The monoisotopic (exact) mass is 312 g/mol. The van der Waals surface area contributed by atoms with Gasteiger partial charge in [-0.3, -0.25) is 0 Å². The van der Waals surface area contributed by atoms with Crippen molar-refractivity contribution >= 4 is 17.9 Å². The molecule has 0 aromatic carbocycles. The van der Waals surface area contributed by atoms with Crippen molar-refractivity contribution in [1.82, 2.24) is 0 Å². The fourth-order valence-electron chi connectivity index (χ4n) is 1.20. The molecule has 0 rings (SSSR count). The molecule has 2 unspecified atom stereocenters. The molecular formula is C15H20O7. The van der Waals surface area contributed by atoms with Crippen LogP contribution in [0.2, 0.25) is 0 Å². The summed E-state index contributed by atoms with van der Waals surface area (Å²) in [6, 6.07) is 0. The lowest BCUT2D eigenvalue weighted by Crippen LogP contribution is -2.40. The van der Waals surface area contributed by atoms with Gasteiger partial charge in [0.2, 0.25) is 6.29 Å². The van der Waals surface area contributed by atoms with E-state index in [4.69, 9.17) is 18.9 Å². The maximum Gasteiger partial charge on any atom is 0.332 e. The molecule has 0 bridgehead atoms. The van der Waals surface area contributed by atoms with E-state index in [0.29, 0.717) is 6.42 Å². The smallest absolute Gasteiger partial charge is 0.332 e. The Bertz CT molecular complexity index is 428. The molecule has 7 nitrogen and oxygen atoms in total. The third-order valence-electron chi connectivity index (χ3n) is 2.18. The zero-order valence-corrected chi connectivity index (χ0v) is 12.5. The van der Waals surface area contributed by atoms with Crippen LogP contribution in [0.5, 0.6) is 0 Å². The minimum atomic E-state index is -1.24. The SMILES string of the molecule is C=CC(=O)OCC(OC(=O)C=C)C(OCCC)OC(=O)C=C. The molecule has 0 saturated carbocycles. The number of carbonyl (C=O) groups is 3. The number of esters is 3. The summed E-state index contributed by atoms with van der Waals surface area (Å²) in [5, 5.41) is 0. The predicted octanol–water partition coefficient (Wildman–Crippen LogP) is 1.30. The molecule has 0 fully saturated rings. The van der Waals surface area contributed by atoms with E-state index < -0.39 is 30.3 Å². The lowest BCUT2D eigenvalue weighted by molar-refractivity contribution is -0.214. The minimum absolute atomic E-state index is 0.243. The zero-order chi connectivity index (χ0) is 17.0. The second kappa shape index (κ2) is 11.3. The molecule has 0 amide bonds. The summed E-state index contributed by atoms with van der Waals surface area (Å²) in [4.78, 5) is 33.8. The molecule has 0 heterocycles. The van der Waals surface area contributed by atoms with Crippen molar-refractivity contribution in [3.63, 3.8) is 0 Å². The summed E-state index contributed by atoms with van der Waals surface area (Å²) in [6.07, 6.45) is 1.05. The molecule has 0 N–H and O–H groups in total. The number of rotatable bonds is 11. The molecule has 0 spiro atoms. The van der Waals surface area contributed by atoms with E-state index in [1.54, 1.807) is 0 Å². The Balaban J connectivity index is 5.02. The van der Waals surface area contributed by atoms with Crippen LogP contribution in [0.25, 0.3) is 0 Å². The molecular weight excluding hydrogens is 292 g/mol. The standard InChI is InChI=1S/C15H20O7/c1-5-9-19-15(22-14(18)8-4)11(21-13(17)7-3)10-20-12(16)6-2/h6-8,11,15H,2-5,9-10H2,1H3. The first-order valence-electron chi connectivity index (χ1n) is 6.55. The van der Waals surface area contributed by atoms with Gasteiger partial charge in [0.1, 0.15) is 6.61 Å². The third-order valence-corrected chi connectivity index (χ3v) is 2.18. The summed E-state index contributed by atoms with van der Waals surface area (Å²) in [6.45, 7) is 11.5. The van der Waals surface area contributed by atoms with E-state index in [2.05, 4.69) is 19.7 Å². The molecule has 0 aliphatic rings. The average molecular weight is 312 g/mol. The Hall–Kier alpha value is -2.41. The van der Waals surface area contributed by atoms with Gasteiger partial charge in [-0.15, -0.1) is 0 Å². The van der Waals surface area contributed by atoms with Crippen molar-refractivity contribution < 1.29 is 33.3 Å². The predicted molar refractivity (Wildman–Crippen MR) is 77.6 cm³/mol. The van der Waals surface area contributed by atoms with E-state index in [1.165, 1.54) is 0 Å². The normalized spacial score (nSPS) is 12.4. The van der Waals surface area contributed by atoms with Gasteiger partial charge in [0.25, 0.3) is 0 Å². The number of hydrogen-bond donors (Lipinski definition) is 0. The third kappa shape index (κ3) is 8.01. The Kier molecular flexibility index (Phi) is 10.0. The van der Waals surface area contributed by atoms with Crippen molar-refractivity contribution in [2.45, 2.75) is 25.7 Å². The van der Waals surface area contributed by atoms with Crippen molar-refractivity contribution in [3.05, 3.63) is 38.0 Å². The largest absolute Gasteiger partial charge is 0.458 e. The van der Waals surface area contributed by atoms with Crippen molar-refractivity contribution in [3.8, 4) is 0 Å². The fraction of sp³-hybridized carbons (Fsp3) is 0.400. The van der Waals surface area contributed by atoms with Gasteiger partial charge in [-0.05, 0) is 6.42 Å². The van der Waals surface area contributed by atoms with Crippen LogP contribution in [-0.4, -0.2) is 43.5 Å². The van der Waals surface area contributed by atoms with Crippen molar-refractivity contribution in [2.24, 2.45) is 0 Å². The highest BCUT2D eigenvalue weighted by molar-refractivity contribution is 5.82. The van der Waals surface area contributed by atoms with Crippen LogP contribution < -0.4 is 0 Å². The summed E-state index contributed by atoms with van der Waals surface area (Å²) in [7, 11) is 0. The summed E-state index contributed by atoms with van der Waals surface area (Å²) in [5.74, 6) is -2.26. The van der Waals surface area contributed by atoms with Crippen LogP contribution in [0.1, 0.15) is 13.3 Å². The van der Waals surface area contributed by atoms with Crippen LogP contribution in [0.4, 0.5) is 0 Å². The van der Waals surface area contributed by atoms with Gasteiger partial charge in [-0.1, -0.05) is 26.7 Å². The van der Waals surface area contributed by atoms with Gasteiger partial charge < -0.3 is 18.9 Å². The first-order valence-corrected chi connectivity index (χ1v) is 6.55. The molecule has 0 aromatic heterocycles. The molecule has 0 aliphatic carbocycles. The van der Waals surface area contributed by atoms with E-state index in [9.17, 15) is 14.4 Å². The molecule has 0 aromatic rings. The van der Waals surface area contributed by atoms with Crippen LogP contribution in [0.15, 0.2) is 38.0 Å². The highest BCUT2D eigenvalue weighted by atomic mass is 16.7. The van der Waals surface area contributed by atoms with Crippen molar-refractivity contribution in [2.75, 3.05) is 13.2 Å². The van der Waals surface area contributed by atoms with Gasteiger partial charge in [0, 0.05) is 18.2 Å². The maximum absolute atomic E-state index is 11.4. The van der Waals surface area contributed by atoms with Gasteiger partial charge in [-0.2, -0.15) is 0 Å². The second-order valence-corrected chi connectivity index (χ2v) is 3.89. The first-order chi connectivity index (χ1) is 10.5. The van der Waals surface area contributed by atoms with Crippen molar-refractivity contribution in [1.29, 1.82) is 0 Å². The molecule has 7 heteroatoms. The quantitative estimate of drug-likeness (QED) is 0.246. The summed E-state index contributed by atoms with van der Waals surface area (Å²) >= 11 is 0. The Morgan fingerprint density at radius 1 is 0.955 bits per heavy atom. The molecule has 0 aliphatic heterocycles. The van der Waals surface area contributed by atoms with E-state index in [1.807, 2.05) is 6.92 Å². The summed E-state index contributed by atoms with van der Waals surface area (Å²) in [5.41, 5.74) is 0. The molecule has 0 saturated heterocycles. The van der Waals surface area contributed by atoms with Gasteiger partial charge in [0.05, 0.1) is 6.61 Å². The van der Waals surface area contributed by atoms with E-state index in [-0.39, 0.29) is 13.2 Å². The van der Waals surface area contributed by atoms with Crippen LogP contribution in [0.3, 0.4) is 0 Å². The van der Waals surface area contributed by atoms with Crippen LogP contribution in [-0.2, 0) is 33.3 Å². The molecule has 22 heavy (non-hydrogen) atoms. The highest BCUT2D eigenvalue weighted by Crippen LogP contribution is 2.10. The van der Waals surface area contributed by atoms with Gasteiger partial charge in [-0.25, -0.2) is 14.4 Å². The topological polar surface area (TPSA) is 88.1 Å². The number of carbonyl (C=O) groups excluding carboxylic acids is 3. The Labute approximate surface area is 129 Å². The Morgan fingerprint density at radius 3 is 2.00 bits per heavy atom. The lowest BCUT2D eigenvalue weighted by Gasteiger charge is -2.25. The van der Waals surface area contributed by atoms with Crippen LogP contribution >= 0.6 is 0 Å². The minimum Gasteiger partial charge on any atom is -0.458 e. The van der Waals surface area contributed by atoms with Gasteiger partial charge in [0.15, 0.2) is 6.10 Å². The maximum atomic E-state index is 11.4. The highest BCUT2D eigenvalue weighted by Gasteiger charge is 2.30. The first kappa shape index (κ1) is 19.6. The number of ether oxygens (including phenoxy) is 4. The van der Waals surface area contributed by atoms with E-state index in [0.717, 1.165) is 18.2 Å². The summed E-state index contributed by atoms with van der Waals surface area (Å²) < 4.78 is 20.1. The Morgan fingerprint density at radius 2 is 1.50 bits per heavy atom. The molecule has 0 radical (unpaired) electrons. The second-order valence-electron chi connectivity index (χ2n) is 3.89. The van der Waals surface area contributed by atoms with E-state index >= 15 is 0 Å².